The Morgan fingerprint density at radius 2 is 1.73 bits per heavy atom. The highest BCUT2D eigenvalue weighted by molar-refractivity contribution is 5.84. The van der Waals surface area contributed by atoms with Crippen molar-refractivity contribution < 1.29 is 19.4 Å². The van der Waals surface area contributed by atoms with E-state index >= 15 is 0 Å². The van der Waals surface area contributed by atoms with Gasteiger partial charge in [-0.2, -0.15) is 0 Å². The maximum atomic E-state index is 12.1. The first-order chi connectivity index (χ1) is 14.5. The fraction of sp³-hybridized carbons (Fsp3) is 0.600. The molecule has 0 spiro atoms. The minimum absolute atomic E-state index is 0.173. The molecule has 0 fully saturated rings. The lowest BCUT2D eigenvalue weighted by Gasteiger charge is -2.22. The smallest absolute Gasteiger partial charge is 0.331 e. The van der Waals surface area contributed by atoms with Crippen molar-refractivity contribution in [3.8, 4) is 11.8 Å². The molecule has 1 rings (SSSR count). The predicted molar refractivity (Wildman–Crippen MR) is 120 cm³/mol. The number of carbonyl (C=O) groups is 2. The van der Waals surface area contributed by atoms with Crippen molar-refractivity contribution >= 4 is 11.9 Å². The number of carbonyl (C=O) groups excluding carboxylic acids is 2. The highest BCUT2D eigenvalue weighted by atomic mass is 16.5. The van der Waals surface area contributed by atoms with Crippen molar-refractivity contribution in [3.63, 3.8) is 0 Å². The van der Waals surface area contributed by atoms with E-state index in [1.807, 2.05) is 6.07 Å². The second-order valence-corrected chi connectivity index (χ2v) is 7.53. The average molecular weight is 416 g/mol. The lowest BCUT2D eigenvalue weighted by molar-refractivity contribution is -0.150. The van der Waals surface area contributed by atoms with Crippen LogP contribution in [-0.2, 0) is 14.3 Å². The van der Waals surface area contributed by atoms with Crippen LogP contribution in [0.25, 0.3) is 0 Å². The number of esters is 1. The van der Waals surface area contributed by atoms with Crippen molar-refractivity contribution in [3.05, 3.63) is 35.4 Å². The van der Waals surface area contributed by atoms with E-state index in [0.29, 0.717) is 5.56 Å². The van der Waals surface area contributed by atoms with Crippen LogP contribution < -0.4 is 5.32 Å². The van der Waals surface area contributed by atoms with Gasteiger partial charge in [-0.3, -0.25) is 4.79 Å². The van der Waals surface area contributed by atoms with Gasteiger partial charge in [0, 0.05) is 18.9 Å². The molecular formula is C25H37NO4. The van der Waals surface area contributed by atoms with Gasteiger partial charge < -0.3 is 15.2 Å². The Labute approximate surface area is 181 Å². The van der Waals surface area contributed by atoms with E-state index in [1.54, 1.807) is 25.1 Å². The molecule has 166 valence electrons. The maximum absolute atomic E-state index is 12.1. The fourth-order valence-electron chi connectivity index (χ4n) is 3.22. The molecule has 2 N–H and O–H groups in total. The minimum atomic E-state index is -1.21. The summed E-state index contributed by atoms with van der Waals surface area (Å²) < 4.78 is 4.98. The van der Waals surface area contributed by atoms with Gasteiger partial charge in [-0.1, -0.05) is 75.8 Å². The zero-order chi connectivity index (χ0) is 22.2. The second kappa shape index (κ2) is 15.5. The first kappa shape index (κ1) is 25.7. The van der Waals surface area contributed by atoms with Gasteiger partial charge in [0.05, 0.1) is 6.61 Å². The van der Waals surface area contributed by atoms with E-state index in [0.717, 1.165) is 18.4 Å². The molecule has 0 aliphatic carbocycles. The summed E-state index contributed by atoms with van der Waals surface area (Å²) in [5.74, 6) is 5.25. The molecule has 1 aromatic rings. The molecule has 0 aromatic heterocycles. The summed E-state index contributed by atoms with van der Waals surface area (Å²) in [5, 5.41) is 13.1. The monoisotopic (exact) mass is 415 g/mol. The second-order valence-electron chi connectivity index (χ2n) is 7.53. The lowest BCUT2D eigenvalue weighted by Crippen LogP contribution is -2.45. The Morgan fingerprint density at radius 3 is 2.37 bits per heavy atom. The summed E-state index contributed by atoms with van der Waals surface area (Å²) >= 11 is 0. The number of aliphatic hydroxyl groups is 1. The molecule has 5 heteroatoms. The lowest BCUT2D eigenvalue weighted by atomic mass is 10.00. The molecule has 5 nitrogen and oxygen atoms in total. The molecule has 0 bridgehead atoms. The highest BCUT2D eigenvalue weighted by Gasteiger charge is 2.30. The molecule has 0 aliphatic rings. The third kappa shape index (κ3) is 10.5. The molecule has 30 heavy (non-hydrogen) atoms. The topological polar surface area (TPSA) is 75.6 Å². The molecule has 2 unspecified atom stereocenters. The van der Waals surface area contributed by atoms with Crippen LogP contribution in [0.4, 0.5) is 0 Å². The van der Waals surface area contributed by atoms with Crippen LogP contribution in [0.2, 0.25) is 0 Å². The Morgan fingerprint density at radius 1 is 1.07 bits per heavy atom. The van der Waals surface area contributed by atoms with Crippen LogP contribution in [0.3, 0.4) is 0 Å². The van der Waals surface area contributed by atoms with Gasteiger partial charge in [0.1, 0.15) is 6.10 Å². The maximum Gasteiger partial charge on any atom is 0.331 e. The number of ether oxygens (including phenoxy) is 1. The van der Waals surface area contributed by atoms with Crippen LogP contribution in [0.1, 0.15) is 95.8 Å². The van der Waals surface area contributed by atoms with Crippen LogP contribution in [-0.4, -0.2) is 29.6 Å². The molecule has 0 aliphatic heterocycles. The Balaban J connectivity index is 2.58. The Hall–Kier alpha value is -2.32. The van der Waals surface area contributed by atoms with Crippen LogP contribution in [0.15, 0.2) is 24.3 Å². The number of nitrogens with one attached hydrogen (secondary N) is 1. The van der Waals surface area contributed by atoms with Gasteiger partial charge in [-0.15, -0.1) is 0 Å². The number of benzene rings is 1. The van der Waals surface area contributed by atoms with E-state index in [-0.39, 0.29) is 6.61 Å². The molecule has 0 saturated heterocycles. The van der Waals surface area contributed by atoms with Gasteiger partial charge in [0.15, 0.2) is 6.04 Å². The third-order valence-electron chi connectivity index (χ3n) is 4.83. The summed E-state index contributed by atoms with van der Waals surface area (Å²) in [6.07, 6.45) is 9.82. The largest absolute Gasteiger partial charge is 0.464 e. The van der Waals surface area contributed by atoms with Gasteiger partial charge in [-0.05, 0) is 31.0 Å². The zero-order valence-electron chi connectivity index (χ0n) is 18.7. The number of unbranched alkanes of at least 4 members (excludes halogenated alkanes) is 8. The summed E-state index contributed by atoms with van der Waals surface area (Å²) in [6, 6.07) is 5.97. The van der Waals surface area contributed by atoms with E-state index in [4.69, 9.17) is 4.74 Å². The Bertz CT molecular complexity index is 705. The van der Waals surface area contributed by atoms with Crippen molar-refractivity contribution in [1.82, 2.24) is 5.32 Å². The first-order valence-electron chi connectivity index (χ1n) is 11.2. The van der Waals surface area contributed by atoms with Gasteiger partial charge in [0.2, 0.25) is 5.91 Å². The SMILES string of the molecule is CCCCCCCCCCC#Cc1cccc(C(O)C(NC(C)=O)C(=O)OCC)c1. The van der Waals surface area contributed by atoms with Gasteiger partial charge >= 0.3 is 5.97 Å². The number of hydrogen-bond donors (Lipinski definition) is 2. The van der Waals surface area contributed by atoms with E-state index in [2.05, 4.69) is 24.1 Å². The first-order valence-corrected chi connectivity index (χ1v) is 11.2. The molecule has 1 aromatic carbocycles. The van der Waals surface area contributed by atoms with Gasteiger partial charge in [-0.25, -0.2) is 4.79 Å². The number of hydrogen-bond acceptors (Lipinski definition) is 4. The molecule has 0 saturated carbocycles. The van der Waals surface area contributed by atoms with E-state index < -0.39 is 24.0 Å². The summed E-state index contributed by atoms with van der Waals surface area (Å²) in [4.78, 5) is 23.6. The highest BCUT2D eigenvalue weighted by Crippen LogP contribution is 2.19. The normalized spacial score (nSPS) is 12.4. The van der Waals surface area contributed by atoms with E-state index in [1.165, 1.54) is 51.9 Å². The average Bonchev–Trinajstić information content (AvgIpc) is 2.73. The fourth-order valence-corrected chi connectivity index (χ4v) is 3.22. The molecular weight excluding hydrogens is 378 g/mol. The zero-order valence-corrected chi connectivity index (χ0v) is 18.7. The van der Waals surface area contributed by atoms with Crippen molar-refractivity contribution in [2.45, 2.75) is 90.7 Å². The van der Waals surface area contributed by atoms with Crippen molar-refractivity contribution in [1.29, 1.82) is 0 Å². The minimum Gasteiger partial charge on any atom is -0.464 e. The molecule has 1 amide bonds. The summed E-state index contributed by atoms with van der Waals surface area (Å²) in [7, 11) is 0. The Kier molecular flexibility index (Phi) is 13.3. The predicted octanol–water partition coefficient (Wildman–Crippen LogP) is 4.67. The molecule has 0 radical (unpaired) electrons. The van der Waals surface area contributed by atoms with Gasteiger partial charge in [0.25, 0.3) is 0 Å². The third-order valence-corrected chi connectivity index (χ3v) is 4.83. The molecule has 0 heterocycles. The summed E-state index contributed by atoms with van der Waals surface area (Å²) in [6.45, 7) is 5.38. The quantitative estimate of drug-likeness (QED) is 0.279. The number of rotatable bonds is 13. The van der Waals surface area contributed by atoms with E-state index in [9.17, 15) is 14.7 Å². The number of aliphatic hydroxyl groups excluding tert-OH is 1. The number of amides is 1. The summed E-state index contributed by atoms with van der Waals surface area (Å²) in [5.41, 5.74) is 1.29. The van der Waals surface area contributed by atoms with Crippen LogP contribution in [0, 0.1) is 11.8 Å². The molecule has 2 atom stereocenters. The van der Waals surface area contributed by atoms with Crippen LogP contribution >= 0.6 is 0 Å². The van der Waals surface area contributed by atoms with Crippen LogP contribution in [0.5, 0.6) is 0 Å². The standard InChI is InChI=1S/C25H37NO4/c1-4-6-7-8-9-10-11-12-13-14-16-21-17-15-18-22(19-21)24(28)23(26-20(3)27)25(29)30-5-2/h15,17-19,23-24,28H,4-13H2,1-3H3,(H,26,27). The van der Waals surface area contributed by atoms with Crippen molar-refractivity contribution in [2.75, 3.05) is 6.61 Å². The van der Waals surface area contributed by atoms with Crippen molar-refractivity contribution in [2.24, 2.45) is 0 Å².